The number of carbonyl (C=O) groups is 1. The Kier molecular flexibility index (Phi) is 4.03. The minimum atomic E-state index is -0.0584. The van der Waals surface area contributed by atoms with Gasteiger partial charge in [0.05, 0.1) is 13.2 Å². The molecule has 106 valence electrons. The zero-order chi connectivity index (χ0) is 13.9. The van der Waals surface area contributed by atoms with Crippen molar-refractivity contribution in [3.8, 4) is 0 Å². The van der Waals surface area contributed by atoms with E-state index in [4.69, 9.17) is 9.57 Å². The second kappa shape index (κ2) is 5.93. The van der Waals surface area contributed by atoms with Crippen LogP contribution in [0.15, 0.2) is 29.4 Å². The first-order chi connectivity index (χ1) is 9.74. The van der Waals surface area contributed by atoms with E-state index in [1.54, 1.807) is 0 Å². The zero-order valence-corrected chi connectivity index (χ0v) is 12.5. The van der Waals surface area contributed by atoms with Gasteiger partial charge < -0.3 is 14.5 Å². The number of carbonyl (C=O) groups excluding carboxylic acids is 1. The largest absolute Gasteiger partial charge is 0.386 e. The summed E-state index contributed by atoms with van der Waals surface area (Å²) in [6.07, 6.45) is 0.674. The number of rotatable bonds is 2. The van der Waals surface area contributed by atoms with Gasteiger partial charge in [-0.05, 0) is 33.6 Å². The average Bonchev–Trinajstić information content (AvgIpc) is 2.94. The number of hydrogen-bond donors (Lipinski definition) is 0. The molecule has 1 atom stereocenters. The second-order valence-corrected chi connectivity index (χ2v) is 5.71. The van der Waals surface area contributed by atoms with Crippen LogP contribution in [0.4, 0.5) is 0 Å². The van der Waals surface area contributed by atoms with E-state index < -0.39 is 0 Å². The highest BCUT2D eigenvalue weighted by atomic mass is 79.9. The Balaban J connectivity index is 1.68. The van der Waals surface area contributed by atoms with Crippen molar-refractivity contribution in [3.63, 3.8) is 0 Å². The molecule has 0 spiro atoms. The third-order valence-electron chi connectivity index (χ3n) is 3.46. The number of oxime groups is 1. The summed E-state index contributed by atoms with van der Waals surface area (Å²) in [6, 6.07) is 7.56. The summed E-state index contributed by atoms with van der Waals surface area (Å²) < 4.78 is 6.07. The highest BCUT2D eigenvalue weighted by Gasteiger charge is 2.22. The summed E-state index contributed by atoms with van der Waals surface area (Å²) in [6.45, 7) is 2.55. The lowest BCUT2D eigenvalue weighted by Gasteiger charge is -2.26. The molecule has 0 saturated carbocycles. The lowest BCUT2D eigenvalue weighted by atomic mass is 10.0. The summed E-state index contributed by atoms with van der Waals surface area (Å²) in [4.78, 5) is 19.4. The van der Waals surface area contributed by atoms with Gasteiger partial charge in [-0.15, -0.1) is 0 Å². The Morgan fingerprint density at radius 1 is 1.25 bits per heavy atom. The van der Waals surface area contributed by atoms with Crippen molar-refractivity contribution >= 4 is 26.5 Å². The van der Waals surface area contributed by atoms with Crippen LogP contribution >= 0.6 is 15.9 Å². The van der Waals surface area contributed by atoms with Crippen LogP contribution in [0.25, 0.3) is 0 Å². The molecule has 5 nitrogen and oxygen atoms in total. The second-order valence-electron chi connectivity index (χ2n) is 4.79. The number of amides is 1. The molecule has 0 aliphatic carbocycles. The Morgan fingerprint density at radius 2 is 1.95 bits per heavy atom. The molecule has 2 aliphatic rings. The number of ether oxygens (including phenoxy) is 1. The molecule has 2 aliphatic heterocycles. The molecule has 3 rings (SSSR count). The molecule has 1 aromatic carbocycles. The first kappa shape index (κ1) is 13.6. The van der Waals surface area contributed by atoms with Crippen LogP contribution in [0.2, 0.25) is 0 Å². The van der Waals surface area contributed by atoms with Crippen molar-refractivity contribution in [1.82, 2.24) is 4.90 Å². The Morgan fingerprint density at radius 3 is 2.55 bits per heavy atom. The van der Waals surface area contributed by atoms with E-state index in [2.05, 4.69) is 21.1 Å². The molecule has 0 N–H and O–H groups in total. The van der Waals surface area contributed by atoms with Gasteiger partial charge in [0, 0.05) is 25.1 Å². The summed E-state index contributed by atoms with van der Waals surface area (Å²) in [5.41, 5.74) is 1.73. The molecule has 0 aromatic heterocycles. The van der Waals surface area contributed by atoms with Gasteiger partial charge in [0.1, 0.15) is 4.62 Å². The fourth-order valence-electron chi connectivity index (χ4n) is 2.32. The quantitative estimate of drug-likeness (QED) is 0.831. The van der Waals surface area contributed by atoms with Gasteiger partial charge in [-0.2, -0.15) is 0 Å². The van der Waals surface area contributed by atoms with Gasteiger partial charge in [0.2, 0.25) is 0 Å². The first-order valence-corrected chi connectivity index (χ1v) is 7.38. The molecule has 1 fully saturated rings. The Labute approximate surface area is 125 Å². The molecule has 2 heterocycles. The maximum atomic E-state index is 12.3. The van der Waals surface area contributed by atoms with Crippen molar-refractivity contribution in [1.29, 1.82) is 0 Å². The van der Waals surface area contributed by atoms with Crippen molar-refractivity contribution in [2.75, 3.05) is 26.3 Å². The predicted octanol–water partition coefficient (Wildman–Crippen LogP) is 2.33. The monoisotopic (exact) mass is 338 g/mol. The van der Waals surface area contributed by atoms with E-state index in [-0.39, 0.29) is 12.0 Å². The van der Waals surface area contributed by atoms with Crippen LogP contribution in [0.1, 0.15) is 28.4 Å². The highest BCUT2D eigenvalue weighted by molar-refractivity contribution is 9.18. The van der Waals surface area contributed by atoms with Crippen LogP contribution in [0.5, 0.6) is 0 Å². The average molecular weight is 339 g/mol. The third-order valence-corrected chi connectivity index (χ3v) is 3.93. The molecule has 1 saturated heterocycles. The maximum Gasteiger partial charge on any atom is 0.254 e. The van der Waals surface area contributed by atoms with Gasteiger partial charge >= 0.3 is 0 Å². The molecule has 0 radical (unpaired) electrons. The normalized spacial score (nSPS) is 22.4. The molecule has 1 amide bonds. The summed E-state index contributed by atoms with van der Waals surface area (Å²) in [5.74, 6) is 0.0598. The van der Waals surface area contributed by atoms with E-state index in [1.165, 1.54) is 0 Å². The Hall–Kier alpha value is -1.40. The molecule has 0 unspecified atom stereocenters. The molecule has 0 bridgehead atoms. The first-order valence-electron chi connectivity index (χ1n) is 6.59. The van der Waals surface area contributed by atoms with Crippen LogP contribution in [0, 0.1) is 0 Å². The summed E-state index contributed by atoms with van der Waals surface area (Å²) in [7, 11) is 0. The van der Waals surface area contributed by atoms with Gasteiger partial charge in [-0.3, -0.25) is 4.79 Å². The van der Waals surface area contributed by atoms with Crippen LogP contribution < -0.4 is 0 Å². The standard InChI is InChI=1S/C14H15BrN2O3/c15-13-9-12(20-16-13)10-1-3-11(4-2-10)14(18)17-5-7-19-8-6-17/h1-4,12H,5-9H2/t12-/m0/s1. The minimum Gasteiger partial charge on any atom is -0.386 e. The molecule has 20 heavy (non-hydrogen) atoms. The van der Waals surface area contributed by atoms with E-state index in [1.807, 2.05) is 29.2 Å². The van der Waals surface area contributed by atoms with Gasteiger partial charge in [0.25, 0.3) is 5.91 Å². The smallest absolute Gasteiger partial charge is 0.254 e. The maximum absolute atomic E-state index is 12.3. The van der Waals surface area contributed by atoms with Gasteiger partial charge in [-0.1, -0.05) is 17.3 Å². The lowest BCUT2D eigenvalue weighted by Crippen LogP contribution is -2.40. The van der Waals surface area contributed by atoms with E-state index in [0.717, 1.165) is 16.6 Å². The van der Waals surface area contributed by atoms with Crippen molar-refractivity contribution < 1.29 is 14.4 Å². The Bertz CT molecular complexity index is 524. The van der Waals surface area contributed by atoms with Crippen molar-refractivity contribution in [3.05, 3.63) is 35.4 Å². The molecular formula is C14H15BrN2O3. The van der Waals surface area contributed by atoms with Crippen molar-refractivity contribution in [2.45, 2.75) is 12.5 Å². The fourth-order valence-corrected chi connectivity index (χ4v) is 2.69. The van der Waals surface area contributed by atoms with Gasteiger partial charge in [0.15, 0.2) is 6.10 Å². The number of morpholine rings is 1. The molecule has 6 heteroatoms. The predicted molar refractivity (Wildman–Crippen MR) is 78.0 cm³/mol. The van der Waals surface area contributed by atoms with E-state index in [9.17, 15) is 4.79 Å². The highest BCUT2D eigenvalue weighted by Crippen LogP contribution is 2.29. The lowest BCUT2D eigenvalue weighted by molar-refractivity contribution is 0.0302. The SMILES string of the molecule is O=C(c1ccc([C@@H]2CC(Br)=NO2)cc1)N1CCOCC1. The summed E-state index contributed by atoms with van der Waals surface area (Å²) >= 11 is 3.32. The number of benzene rings is 1. The molecular weight excluding hydrogens is 324 g/mol. The number of nitrogens with zero attached hydrogens (tertiary/aromatic N) is 2. The van der Waals surface area contributed by atoms with Crippen LogP contribution in [-0.2, 0) is 9.57 Å². The van der Waals surface area contributed by atoms with E-state index >= 15 is 0 Å². The van der Waals surface area contributed by atoms with Crippen molar-refractivity contribution in [2.24, 2.45) is 5.16 Å². The minimum absolute atomic E-state index is 0.0584. The van der Waals surface area contributed by atoms with Crippen LogP contribution in [0.3, 0.4) is 0 Å². The number of halogens is 1. The van der Waals surface area contributed by atoms with E-state index in [0.29, 0.717) is 31.9 Å². The van der Waals surface area contributed by atoms with Gasteiger partial charge in [-0.25, -0.2) is 0 Å². The third kappa shape index (κ3) is 2.86. The fraction of sp³-hybridized carbons (Fsp3) is 0.429. The summed E-state index contributed by atoms with van der Waals surface area (Å²) in [5, 5.41) is 3.87. The molecule has 1 aromatic rings. The number of hydrogen-bond acceptors (Lipinski definition) is 4. The zero-order valence-electron chi connectivity index (χ0n) is 10.9. The topological polar surface area (TPSA) is 51.1 Å². The van der Waals surface area contributed by atoms with Crippen LogP contribution in [-0.4, -0.2) is 41.7 Å².